The number of benzene rings is 1. The van der Waals surface area contributed by atoms with E-state index in [0.717, 1.165) is 5.56 Å². The van der Waals surface area contributed by atoms with Crippen LogP contribution < -0.4 is 0 Å². The molecule has 1 aromatic rings. The molecule has 1 aromatic carbocycles. The van der Waals surface area contributed by atoms with Gasteiger partial charge in [-0.15, -0.1) is 0 Å². The van der Waals surface area contributed by atoms with Crippen molar-refractivity contribution in [2.45, 2.75) is 45.1 Å². The van der Waals surface area contributed by atoms with Gasteiger partial charge in [0.2, 0.25) is 11.8 Å². The normalized spacial score (nSPS) is 16.8. The molecule has 1 unspecified atom stereocenters. The minimum absolute atomic E-state index is 0.00653. The highest BCUT2D eigenvalue weighted by molar-refractivity contribution is 5.85. The average molecular weight is 346 g/mol. The van der Waals surface area contributed by atoms with Gasteiger partial charge in [0.1, 0.15) is 0 Å². The van der Waals surface area contributed by atoms with E-state index in [1.54, 1.807) is 11.9 Å². The second-order valence-electron chi connectivity index (χ2n) is 7.33. The smallest absolute Gasteiger partial charge is 0.242 e. The van der Waals surface area contributed by atoms with Crippen molar-refractivity contribution in [3.63, 3.8) is 0 Å². The predicted molar refractivity (Wildman–Crippen MR) is 98.1 cm³/mol. The maximum Gasteiger partial charge on any atom is 0.242 e. The van der Waals surface area contributed by atoms with Crippen molar-refractivity contribution in [2.75, 3.05) is 26.7 Å². The number of hydrogen-bond acceptors (Lipinski definition) is 3. The van der Waals surface area contributed by atoms with Crippen LogP contribution in [0.25, 0.3) is 0 Å². The minimum atomic E-state index is -0.305. The van der Waals surface area contributed by atoms with Crippen LogP contribution in [0.5, 0.6) is 0 Å². The van der Waals surface area contributed by atoms with Crippen LogP contribution >= 0.6 is 0 Å². The number of rotatable bonds is 6. The van der Waals surface area contributed by atoms with Crippen molar-refractivity contribution in [1.82, 2.24) is 9.80 Å². The van der Waals surface area contributed by atoms with Gasteiger partial charge in [-0.3, -0.25) is 9.59 Å². The third kappa shape index (κ3) is 5.56. The van der Waals surface area contributed by atoms with Gasteiger partial charge in [0.25, 0.3) is 0 Å². The summed E-state index contributed by atoms with van der Waals surface area (Å²) < 4.78 is 0. The summed E-state index contributed by atoms with van der Waals surface area (Å²) in [6, 6.07) is 10.1. The van der Waals surface area contributed by atoms with Crippen LogP contribution in [0.15, 0.2) is 30.3 Å². The second kappa shape index (κ2) is 8.99. The van der Waals surface area contributed by atoms with Crippen molar-refractivity contribution < 1.29 is 14.7 Å². The van der Waals surface area contributed by atoms with E-state index in [2.05, 4.69) is 26.0 Å². The van der Waals surface area contributed by atoms with Crippen LogP contribution in [0.2, 0.25) is 0 Å². The van der Waals surface area contributed by atoms with Crippen molar-refractivity contribution in [1.29, 1.82) is 0 Å². The Morgan fingerprint density at radius 1 is 1.20 bits per heavy atom. The number of aliphatic hydroxyl groups is 1. The summed E-state index contributed by atoms with van der Waals surface area (Å²) in [5.41, 5.74) is 1.16. The Hall–Kier alpha value is -1.88. The Kier molecular flexibility index (Phi) is 7.00. The van der Waals surface area contributed by atoms with Gasteiger partial charge in [-0.05, 0) is 30.2 Å². The zero-order valence-corrected chi connectivity index (χ0v) is 15.5. The minimum Gasteiger partial charge on any atom is -0.393 e. The lowest BCUT2D eigenvalue weighted by molar-refractivity contribution is -0.140. The molecule has 138 valence electrons. The lowest BCUT2D eigenvalue weighted by atomic mass is 9.85. The highest BCUT2D eigenvalue weighted by Crippen LogP contribution is 2.28. The van der Waals surface area contributed by atoms with Crippen LogP contribution in [0, 0.1) is 5.92 Å². The predicted octanol–water partition coefficient (Wildman–Crippen LogP) is 2.26. The fraction of sp³-hybridized carbons (Fsp3) is 0.600. The van der Waals surface area contributed by atoms with Crippen molar-refractivity contribution in [3.05, 3.63) is 35.9 Å². The molecular formula is C20H30N2O3. The lowest BCUT2D eigenvalue weighted by Gasteiger charge is -2.31. The Morgan fingerprint density at radius 3 is 2.36 bits per heavy atom. The van der Waals surface area contributed by atoms with E-state index in [0.29, 0.717) is 38.3 Å². The molecule has 25 heavy (non-hydrogen) atoms. The summed E-state index contributed by atoms with van der Waals surface area (Å²) in [6.45, 7) is 5.49. The fourth-order valence-corrected chi connectivity index (χ4v) is 3.29. The number of piperidine rings is 1. The summed E-state index contributed by atoms with van der Waals surface area (Å²) in [5.74, 6) is 0.451. The molecule has 0 spiro atoms. The standard InChI is InChI=1S/C20H30N2O3/c1-15(2)18(16-7-5-4-6-8-16)13-19(24)21(3)14-20(25)22-11-9-17(23)10-12-22/h4-8,15,17-18,23H,9-14H2,1-3H3. The average Bonchev–Trinajstić information content (AvgIpc) is 2.60. The Morgan fingerprint density at radius 2 is 1.80 bits per heavy atom. The number of likely N-dealkylation sites (N-methyl/N-ethyl adjacent to an activating group) is 1. The summed E-state index contributed by atoms with van der Waals surface area (Å²) in [4.78, 5) is 28.3. The molecular weight excluding hydrogens is 316 g/mol. The SMILES string of the molecule is CC(C)C(CC(=O)N(C)CC(=O)N1CCC(O)CC1)c1ccccc1. The monoisotopic (exact) mass is 346 g/mol. The van der Waals surface area contributed by atoms with Crippen molar-refractivity contribution in [2.24, 2.45) is 5.92 Å². The molecule has 0 aromatic heterocycles. The molecule has 1 aliphatic heterocycles. The topological polar surface area (TPSA) is 60.9 Å². The van der Waals surface area contributed by atoms with E-state index < -0.39 is 0 Å². The van der Waals surface area contributed by atoms with Crippen LogP contribution in [0.3, 0.4) is 0 Å². The molecule has 5 nitrogen and oxygen atoms in total. The molecule has 2 amide bonds. The number of nitrogens with zero attached hydrogens (tertiary/aromatic N) is 2. The van der Waals surface area contributed by atoms with E-state index in [-0.39, 0.29) is 30.4 Å². The van der Waals surface area contributed by atoms with Crippen LogP contribution in [0.4, 0.5) is 0 Å². The number of hydrogen-bond donors (Lipinski definition) is 1. The third-order valence-electron chi connectivity index (χ3n) is 5.04. The quantitative estimate of drug-likeness (QED) is 0.859. The lowest BCUT2D eigenvalue weighted by Crippen LogP contribution is -2.45. The van der Waals surface area contributed by atoms with Crippen LogP contribution in [-0.4, -0.2) is 59.5 Å². The van der Waals surface area contributed by atoms with E-state index in [9.17, 15) is 14.7 Å². The molecule has 0 aliphatic carbocycles. The molecule has 1 N–H and O–H groups in total. The molecule has 0 bridgehead atoms. The zero-order valence-electron chi connectivity index (χ0n) is 15.5. The number of likely N-dealkylation sites (tertiary alicyclic amines) is 1. The van der Waals surface area contributed by atoms with Crippen LogP contribution in [-0.2, 0) is 9.59 Å². The maximum absolute atomic E-state index is 12.6. The van der Waals surface area contributed by atoms with E-state index >= 15 is 0 Å². The molecule has 1 saturated heterocycles. The zero-order chi connectivity index (χ0) is 18.4. The summed E-state index contributed by atoms with van der Waals surface area (Å²) in [7, 11) is 1.70. The maximum atomic E-state index is 12.6. The van der Waals surface area contributed by atoms with E-state index in [4.69, 9.17) is 0 Å². The van der Waals surface area contributed by atoms with Gasteiger partial charge in [0, 0.05) is 26.6 Å². The second-order valence-corrected chi connectivity index (χ2v) is 7.33. The van der Waals surface area contributed by atoms with Gasteiger partial charge < -0.3 is 14.9 Å². The summed E-state index contributed by atoms with van der Waals surface area (Å²) in [6.07, 6.45) is 1.34. The highest BCUT2D eigenvalue weighted by atomic mass is 16.3. The van der Waals surface area contributed by atoms with Gasteiger partial charge in [0.05, 0.1) is 12.6 Å². The van der Waals surface area contributed by atoms with E-state index in [1.807, 2.05) is 18.2 Å². The highest BCUT2D eigenvalue weighted by Gasteiger charge is 2.25. The Balaban J connectivity index is 1.91. The van der Waals surface area contributed by atoms with E-state index in [1.165, 1.54) is 4.90 Å². The fourth-order valence-electron chi connectivity index (χ4n) is 3.29. The summed E-state index contributed by atoms with van der Waals surface area (Å²) in [5, 5.41) is 9.54. The number of amides is 2. The molecule has 2 rings (SSSR count). The first-order valence-electron chi connectivity index (χ1n) is 9.13. The summed E-state index contributed by atoms with van der Waals surface area (Å²) >= 11 is 0. The first-order chi connectivity index (χ1) is 11.9. The Bertz CT molecular complexity index is 566. The first kappa shape index (κ1) is 19.4. The van der Waals surface area contributed by atoms with Crippen molar-refractivity contribution >= 4 is 11.8 Å². The van der Waals surface area contributed by atoms with Crippen LogP contribution in [0.1, 0.15) is 44.6 Å². The molecule has 1 heterocycles. The molecule has 0 saturated carbocycles. The van der Waals surface area contributed by atoms with Gasteiger partial charge in [-0.2, -0.15) is 0 Å². The molecule has 5 heteroatoms. The molecule has 0 radical (unpaired) electrons. The Labute approximate surface area is 150 Å². The molecule has 1 atom stereocenters. The van der Waals surface area contributed by atoms with Gasteiger partial charge in [-0.1, -0.05) is 44.2 Å². The molecule has 1 fully saturated rings. The van der Waals surface area contributed by atoms with Gasteiger partial charge in [0.15, 0.2) is 0 Å². The third-order valence-corrected chi connectivity index (χ3v) is 5.04. The largest absolute Gasteiger partial charge is 0.393 e. The van der Waals surface area contributed by atoms with Gasteiger partial charge >= 0.3 is 0 Å². The van der Waals surface area contributed by atoms with Gasteiger partial charge in [-0.25, -0.2) is 0 Å². The van der Waals surface area contributed by atoms with Crippen molar-refractivity contribution in [3.8, 4) is 0 Å². The number of aliphatic hydroxyl groups excluding tert-OH is 1. The first-order valence-corrected chi connectivity index (χ1v) is 9.13. The number of carbonyl (C=O) groups excluding carboxylic acids is 2. The number of carbonyl (C=O) groups is 2. The molecule has 1 aliphatic rings.